The van der Waals surface area contributed by atoms with E-state index in [2.05, 4.69) is 21.0 Å². The molecule has 1 aliphatic carbocycles. The number of halogens is 2. The van der Waals surface area contributed by atoms with Crippen LogP contribution in [0.15, 0.2) is 71.0 Å². The van der Waals surface area contributed by atoms with Crippen LogP contribution in [0.25, 0.3) is 11.3 Å². The fourth-order valence-corrected chi connectivity index (χ4v) is 3.52. The molecule has 2 heterocycles. The number of nitrogens with zero attached hydrogens (tertiary/aromatic N) is 2. The molecule has 0 fully saturated rings. The summed E-state index contributed by atoms with van der Waals surface area (Å²) in [5.74, 6) is 0.203. The quantitative estimate of drug-likeness (QED) is 0.605. The van der Waals surface area contributed by atoms with Gasteiger partial charge in [0.2, 0.25) is 0 Å². The lowest BCUT2D eigenvalue weighted by molar-refractivity contribution is 0.112. The van der Waals surface area contributed by atoms with E-state index < -0.39 is 0 Å². The van der Waals surface area contributed by atoms with E-state index in [9.17, 15) is 9.18 Å². The Bertz CT molecular complexity index is 1090. The zero-order valence-corrected chi connectivity index (χ0v) is 17.7. The van der Waals surface area contributed by atoms with Crippen molar-refractivity contribution in [1.29, 1.82) is 0 Å². The number of dihydropyridines is 1. The van der Waals surface area contributed by atoms with Crippen LogP contribution in [0.1, 0.15) is 10.4 Å². The van der Waals surface area contributed by atoms with Crippen LogP contribution in [0.5, 0.6) is 0 Å². The SMILES string of the molecule is CN.Nc1ccc(-c2ccc(C=O)c(Cl)c2)nc1NCC1=CC2C=CC=NC2C=C1F. The summed E-state index contributed by atoms with van der Waals surface area (Å²) >= 11 is 6.11. The van der Waals surface area contributed by atoms with E-state index >= 15 is 0 Å². The molecule has 2 aromatic rings. The third-order valence-corrected chi connectivity index (χ3v) is 5.21. The molecule has 160 valence electrons. The molecule has 8 heteroatoms. The number of hydrogen-bond acceptors (Lipinski definition) is 6. The van der Waals surface area contributed by atoms with Gasteiger partial charge in [0.25, 0.3) is 0 Å². The summed E-state index contributed by atoms with van der Waals surface area (Å²) in [6.45, 7) is 0.245. The fourth-order valence-electron chi connectivity index (χ4n) is 3.29. The second-order valence-electron chi connectivity index (χ2n) is 6.80. The van der Waals surface area contributed by atoms with Gasteiger partial charge < -0.3 is 16.8 Å². The Kier molecular flexibility index (Phi) is 7.33. The van der Waals surface area contributed by atoms with Crippen LogP contribution in [-0.2, 0) is 0 Å². The largest absolute Gasteiger partial charge is 0.396 e. The maximum Gasteiger partial charge on any atom is 0.151 e. The zero-order valence-electron chi connectivity index (χ0n) is 16.9. The predicted molar refractivity (Wildman–Crippen MR) is 125 cm³/mol. The lowest BCUT2D eigenvalue weighted by atomic mass is 9.89. The molecule has 6 nitrogen and oxygen atoms in total. The highest BCUT2D eigenvalue weighted by molar-refractivity contribution is 6.33. The van der Waals surface area contributed by atoms with Crippen molar-refractivity contribution in [2.45, 2.75) is 6.04 Å². The van der Waals surface area contributed by atoms with Crippen LogP contribution in [-0.4, -0.2) is 37.1 Å². The summed E-state index contributed by atoms with van der Waals surface area (Å²) in [6.07, 6.45) is 9.66. The highest BCUT2D eigenvalue weighted by Crippen LogP contribution is 2.30. The molecule has 4 rings (SSSR count). The second kappa shape index (κ2) is 10.1. The van der Waals surface area contributed by atoms with Gasteiger partial charge in [0.15, 0.2) is 6.29 Å². The van der Waals surface area contributed by atoms with E-state index in [1.54, 1.807) is 36.5 Å². The Morgan fingerprint density at radius 3 is 2.77 bits per heavy atom. The topological polar surface area (TPSA) is 106 Å². The van der Waals surface area contributed by atoms with Crippen LogP contribution < -0.4 is 16.8 Å². The van der Waals surface area contributed by atoms with Gasteiger partial charge in [-0.25, -0.2) is 9.37 Å². The molecule has 0 spiro atoms. The number of pyridine rings is 1. The van der Waals surface area contributed by atoms with Crippen molar-refractivity contribution in [1.82, 2.24) is 4.98 Å². The smallest absolute Gasteiger partial charge is 0.151 e. The Morgan fingerprint density at radius 1 is 1.23 bits per heavy atom. The summed E-state index contributed by atoms with van der Waals surface area (Å²) in [6, 6.07) is 8.38. The number of benzene rings is 1. The Hall–Kier alpha value is -3.29. The summed E-state index contributed by atoms with van der Waals surface area (Å²) in [7, 11) is 1.50. The van der Waals surface area contributed by atoms with E-state index in [1.807, 2.05) is 18.2 Å². The molecular formula is C23H23ClFN5O. The third-order valence-electron chi connectivity index (χ3n) is 4.89. The summed E-state index contributed by atoms with van der Waals surface area (Å²) in [5, 5.41) is 3.47. The number of nitrogens with two attached hydrogens (primary N) is 2. The number of rotatable bonds is 5. The summed E-state index contributed by atoms with van der Waals surface area (Å²) < 4.78 is 14.4. The van der Waals surface area contributed by atoms with Crippen LogP contribution in [0.2, 0.25) is 5.02 Å². The normalized spacial score (nSPS) is 18.8. The van der Waals surface area contributed by atoms with Gasteiger partial charge in [-0.15, -0.1) is 0 Å². The molecule has 2 atom stereocenters. The average molecular weight is 440 g/mol. The van der Waals surface area contributed by atoms with Crippen molar-refractivity contribution in [2.75, 3.05) is 24.6 Å². The van der Waals surface area contributed by atoms with Gasteiger partial charge in [0.1, 0.15) is 11.6 Å². The maximum atomic E-state index is 14.4. The number of carbonyl (C=O) groups excluding carboxylic acids is 1. The molecule has 2 aliphatic rings. The number of nitrogens with one attached hydrogen (secondary N) is 1. The number of aromatic nitrogens is 1. The lowest BCUT2D eigenvalue weighted by Crippen LogP contribution is -2.22. The van der Waals surface area contributed by atoms with Crippen molar-refractivity contribution in [3.05, 3.63) is 76.6 Å². The molecule has 2 unspecified atom stereocenters. The van der Waals surface area contributed by atoms with Crippen LogP contribution in [0, 0.1) is 5.92 Å². The standard InChI is InChI=1S/C22H18ClFN4O.CH5N/c23-17-9-14(3-4-15(17)12-29)20-6-5-19(25)22(28-20)27-11-16-8-13-2-1-7-26-21(13)10-18(16)24;1-2/h1-10,12-13,21H,11,25H2,(H,27,28);2H2,1H3. The minimum absolute atomic E-state index is 0.0476. The molecule has 1 aliphatic heterocycles. The number of anilines is 2. The van der Waals surface area contributed by atoms with Gasteiger partial charge >= 0.3 is 0 Å². The van der Waals surface area contributed by atoms with E-state index in [0.29, 0.717) is 39.6 Å². The lowest BCUT2D eigenvalue weighted by Gasteiger charge is -2.24. The molecular weight excluding hydrogens is 417 g/mol. The number of aldehydes is 1. The van der Waals surface area contributed by atoms with E-state index in [-0.39, 0.29) is 24.3 Å². The third kappa shape index (κ3) is 5.07. The van der Waals surface area contributed by atoms with Crippen molar-refractivity contribution < 1.29 is 9.18 Å². The van der Waals surface area contributed by atoms with Crippen molar-refractivity contribution in [2.24, 2.45) is 16.6 Å². The average Bonchev–Trinajstić information content (AvgIpc) is 2.80. The van der Waals surface area contributed by atoms with Crippen molar-refractivity contribution in [3.63, 3.8) is 0 Å². The van der Waals surface area contributed by atoms with E-state index in [4.69, 9.17) is 17.3 Å². The number of carbonyl (C=O) groups is 1. The number of hydrogen-bond donors (Lipinski definition) is 3. The minimum Gasteiger partial charge on any atom is -0.396 e. The number of fused-ring (bicyclic) bond motifs is 1. The molecule has 0 saturated heterocycles. The first-order valence-corrected chi connectivity index (χ1v) is 10.0. The summed E-state index contributed by atoms with van der Waals surface area (Å²) in [4.78, 5) is 19.8. The maximum absolute atomic E-state index is 14.4. The molecule has 0 amide bonds. The van der Waals surface area contributed by atoms with Crippen LogP contribution in [0.4, 0.5) is 15.9 Å². The Balaban J connectivity index is 0.00000132. The summed E-state index contributed by atoms with van der Waals surface area (Å²) in [5.41, 5.74) is 13.3. The van der Waals surface area contributed by atoms with Gasteiger partial charge in [-0.2, -0.15) is 0 Å². The first-order chi connectivity index (χ1) is 15.0. The minimum atomic E-state index is -0.294. The van der Waals surface area contributed by atoms with Gasteiger partial charge in [0.05, 0.1) is 22.4 Å². The zero-order chi connectivity index (χ0) is 22.4. The van der Waals surface area contributed by atoms with E-state index in [1.165, 1.54) is 13.1 Å². The predicted octanol–water partition coefficient (Wildman–Crippen LogP) is 4.20. The Morgan fingerprint density at radius 2 is 2.03 bits per heavy atom. The molecule has 31 heavy (non-hydrogen) atoms. The van der Waals surface area contributed by atoms with Gasteiger partial charge in [-0.3, -0.25) is 9.79 Å². The van der Waals surface area contributed by atoms with Crippen molar-refractivity contribution >= 4 is 35.6 Å². The highest BCUT2D eigenvalue weighted by Gasteiger charge is 2.24. The number of nitrogen functional groups attached to an aromatic ring is 1. The monoisotopic (exact) mass is 439 g/mol. The molecule has 1 aromatic heterocycles. The first kappa shape index (κ1) is 22.4. The molecule has 1 aromatic carbocycles. The molecule has 0 radical (unpaired) electrons. The fraction of sp³-hybridized carbons (Fsp3) is 0.174. The van der Waals surface area contributed by atoms with Crippen LogP contribution >= 0.6 is 11.6 Å². The molecule has 0 saturated carbocycles. The number of allylic oxidation sites excluding steroid dienone is 1. The van der Waals surface area contributed by atoms with Gasteiger partial charge in [-0.1, -0.05) is 29.8 Å². The highest BCUT2D eigenvalue weighted by atomic mass is 35.5. The van der Waals surface area contributed by atoms with Gasteiger partial charge in [-0.05, 0) is 43.5 Å². The second-order valence-corrected chi connectivity index (χ2v) is 7.21. The molecule has 5 N–H and O–H groups in total. The number of aliphatic imine (C=N–C) groups is 1. The van der Waals surface area contributed by atoms with Crippen LogP contribution in [0.3, 0.4) is 0 Å². The van der Waals surface area contributed by atoms with Gasteiger partial charge in [0, 0.05) is 35.4 Å². The Labute approximate surface area is 185 Å². The van der Waals surface area contributed by atoms with E-state index in [0.717, 1.165) is 5.56 Å². The van der Waals surface area contributed by atoms with Crippen molar-refractivity contribution in [3.8, 4) is 11.3 Å². The first-order valence-electron chi connectivity index (χ1n) is 9.67. The molecule has 0 bridgehead atoms.